The molecule has 1 amide bonds. The summed E-state index contributed by atoms with van der Waals surface area (Å²) in [5.74, 6) is -0.147. The molecule has 1 saturated carbocycles. The summed E-state index contributed by atoms with van der Waals surface area (Å²) < 4.78 is 6.87. The molecule has 0 radical (unpaired) electrons. The van der Waals surface area contributed by atoms with Crippen LogP contribution in [0.3, 0.4) is 0 Å². The van der Waals surface area contributed by atoms with Crippen LogP contribution in [0.2, 0.25) is 0 Å². The monoisotopic (exact) mass is 308 g/mol. The fourth-order valence-electron chi connectivity index (χ4n) is 2.93. The predicted molar refractivity (Wildman–Crippen MR) is 84.7 cm³/mol. The van der Waals surface area contributed by atoms with Gasteiger partial charge in [0.2, 0.25) is 0 Å². The van der Waals surface area contributed by atoms with E-state index in [4.69, 9.17) is 10.3 Å². The van der Waals surface area contributed by atoms with Gasteiger partial charge >= 0.3 is 0 Å². The number of hydrogen-bond acceptors (Lipinski definition) is 4. The third-order valence-electron chi connectivity index (χ3n) is 4.15. The van der Waals surface area contributed by atoms with Crippen LogP contribution >= 0.6 is 0 Å². The van der Waals surface area contributed by atoms with Crippen molar-refractivity contribution in [3.8, 4) is 22.5 Å². The zero-order valence-electron chi connectivity index (χ0n) is 12.7. The first-order valence-electron chi connectivity index (χ1n) is 7.55. The van der Waals surface area contributed by atoms with Crippen molar-refractivity contribution < 1.29 is 9.32 Å². The highest BCUT2D eigenvalue weighted by molar-refractivity contribution is 5.90. The van der Waals surface area contributed by atoms with E-state index in [1.54, 1.807) is 6.26 Å². The molecule has 0 aliphatic heterocycles. The minimum atomic E-state index is -0.487. The normalized spacial score (nSPS) is 14.1. The summed E-state index contributed by atoms with van der Waals surface area (Å²) in [6.45, 7) is 1.98. The van der Waals surface area contributed by atoms with E-state index < -0.39 is 5.91 Å². The topological polar surface area (TPSA) is 86.9 Å². The number of carbonyl (C=O) groups excluding carboxylic acids is 1. The van der Waals surface area contributed by atoms with Crippen LogP contribution in [0, 0.1) is 6.92 Å². The number of rotatable bonds is 4. The molecular formula is C17H16N4O2. The number of carbonyl (C=O) groups is 1. The molecule has 1 aromatic carbocycles. The van der Waals surface area contributed by atoms with Crippen LogP contribution in [0.5, 0.6) is 0 Å². The number of benzene rings is 1. The molecule has 23 heavy (non-hydrogen) atoms. The van der Waals surface area contributed by atoms with Gasteiger partial charge in [-0.1, -0.05) is 23.4 Å². The van der Waals surface area contributed by atoms with Crippen LogP contribution < -0.4 is 5.73 Å². The molecule has 1 fully saturated rings. The molecule has 6 heteroatoms. The Morgan fingerprint density at radius 1 is 1.30 bits per heavy atom. The van der Waals surface area contributed by atoms with Gasteiger partial charge in [0.1, 0.15) is 12.0 Å². The van der Waals surface area contributed by atoms with Gasteiger partial charge in [-0.25, -0.2) is 4.98 Å². The summed E-state index contributed by atoms with van der Waals surface area (Å²) in [7, 11) is 0. The Kier molecular flexibility index (Phi) is 3.04. The van der Waals surface area contributed by atoms with Gasteiger partial charge in [0.05, 0.1) is 5.69 Å². The van der Waals surface area contributed by atoms with E-state index in [9.17, 15) is 4.79 Å². The van der Waals surface area contributed by atoms with Crippen molar-refractivity contribution in [1.29, 1.82) is 0 Å². The minimum absolute atomic E-state index is 0.340. The van der Waals surface area contributed by atoms with Crippen molar-refractivity contribution in [2.75, 3.05) is 0 Å². The van der Waals surface area contributed by atoms with E-state index in [0.717, 1.165) is 41.1 Å². The summed E-state index contributed by atoms with van der Waals surface area (Å²) >= 11 is 0. The number of imidazole rings is 1. The van der Waals surface area contributed by atoms with Crippen molar-refractivity contribution in [2.45, 2.75) is 25.8 Å². The highest BCUT2D eigenvalue weighted by atomic mass is 16.5. The molecule has 116 valence electrons. The molecule has 2 aromatic heterocycles. The van der Waals surface area contributed by atoms with Crippen LogP contribution in [0.4, 0.5) is 0 Å². The lowest BCUT2D eigenvalue weighted by atomic mass is 10.1. The maximum atomic E-state index is 11.7. The maximum Gasteiger partial charge on any atom is 0.284 e. The van der Waals surface area contributed by atoms with Gasteiger partial charge < -0.3 is 14.8 Å². The average molecular weight is 308 g/mol. The zero-order valence-corrected chi connectivity index (χ0v) is 12.7. The molecule has 1 aliphatic carbocycles. The fourth-order valence-corrected chi connectivity index (χ4v) is 2.93. The Bertz CT molecular complexity index is 876. The number of nitrogens with zero attached hydrogens (tertiary/aromatic N) is 3. The van der Waals surface area contributed by atoms with Crippen LogP contribution in [0.15, 0.2) is 41.1 Å². The molecule has 0 spiro atoms. The molecule has 3 aromatic rings. The predicted octanol–water partition coefficient (Wildman–Crippen LogP) is 2.95. The van der Waals surface area contributed by atoms with Crippen LogP contribution in [0.1, 0.15) is 35.2 Å². The van der Waals surface area contributed by atoms with Gasteiger partial charge in [0.15, 0.2) is 5.82 Å². The van der Waals surface area contributed by atoms with E-state index in [1.807, 2.05) is 41.8 Å². The maximum absolute atomic E-state index is 11.7. The van der Waals surface area contributed by atoms with E-state index in [-0.39, 0.29) is 0 Å². The van der Waals surface area contributed by atoms with Crippen LogP contribution in [-0.2, 0) is 0 Å². The van der Waals surface area contributed by atoms with Crippen molar-refractivity contribution in [3.05, 3.63) is 48.1 Å². The lowest BCUT2D eigenvalue weighted by molar-refractivity contribution is 0.0986. The SMILES string of the molecule is Cc1c(-c2cccc(-c3ccon3)c2)nc(C(N)=O)n1C1CC1. The van der Waals surface area contributed by atoms with Crippen molar-refractivity contribution in [3.63, 3.8) is 0 Å². The summed E-state index contributed by atoms with van der Waals surface area (Å²) in [4.78, 5) is 16.2. The van der Waals surface area contributed by atoms with E-state index in [0.29, 0.717) is 11.9 Å². The van der Waals surface area contributed by atoms with Crippen LogP contribution in [-0.4, -0.2) is 20.6 Å². The third-order valence-corrected chi connectivity index (χ3v) is 4.15. The lowest BCUT2D eigenvalue weighted by Gasteiger charge is -2.06. The summed E-state index contributed by atoms with van der Waals surface area (Å²) in [5.41, 5.74) is 9.90. The third kappa shape index (κ3) is 2.32. The quantitative estimate of drug-likeness (QED) is 0.802. The largest absolute Gasteiger partial charge is 0.364 e. The number of amides is 1. The molecule has 0 atom stereocenters. The second-order valence-electron chi connectivity index (χ2n) is 5.80. The highest BCUT2D eigenvalue weighted by Gasteiger charge is 2.31. The fraction of sp³-hybridized carbons (Fsp3) is 0.235. The first kappa shape index (κ1) is 13.8. The standard InChI is InChI=1S/C17H16N4O2/c1-10-15(19-17(16(18)22)21(10)13-5-6-13)12-4-2-3-11(9-12)14-7-8-23-20-14/h2-4,7-9,13H,5-6H2,1H3,(H2,18,22). The Balaban J connectivity index is 1.83. The van der Waals surface area contributed by atoms with Gasteiger partial charge in [0.25, 0.3) is 5.91 Å². The first-order valence-corrected chi connectivity index (χ1v) is 7.55. The smallest absolute Gasteiger partial charge is 0.284 e. The van der Waals surface area contributed by atoms with Gasteiger partial charge in [-0.3, -0.25) is 4.79 Å². The average Bonchev–Trinajstić information content (AvgIpc) is 3.11. The molecular weight excluding hydrogens is 292 g/mol. The van der Waals surface area contributed by atoms with E-state index in [1.165, 1.54) is 0 Å². The summed E-state index contributed by atoms with van der Waals surface area (Å²) in [6, 6.07) is 10.0. The molecule has 1 aliphatic rings. The summed E-state index contributed by atoms with van der Waals surface area (Å²) in [5, 5.41) is 3.96. The van der Waals surface area contributed by atoms with Crippen molar-refractivity contribution in [1.82, 2.24) is 14.7 Å². The molecule has 2 heterocycles. The Hall–Kier alpha value is -2.89. The molecule has 2 N–H and O–H groups in total. The Morgan fingerprint density at radius 3 is 2.74 bits per heavy atom. The Morgan fingerprint density at radius 2 is 2.09 bits per heavy atom. The number of primary amides is 1. The highest BCUT2D eigenvalue weighted by Crippen LogP contribution is 2.39. The van der Waals surface area contributed by atoms with Gasteiger partial charge in [-0.2, -0.15) is 0 Å². The van der Waals surface area contributed by atoms with Crippen LogP contribution in [0.25, 0.3) is 22.5 Å². The molecule has 6 nitrogen and oxygen atoms in total. The number of aromatic nitrogens is 3. The second kappa shape index (κ2) is 5.08. The van der Waals surface area contributed by atoms with Gasteiger partial charge in [-0.05, 0) is 25.8 Å². The van der Waals surface area contributed by atoms with E-state index >= 15 is 0 Å². The first-order chi connectivity index (χ1) is 11.1. The Labute approximate surface area is 132 Å². The lowest BCUT2D eigenvalue weighted by Crippen LogP contribution is -2.18. The van der Waals surface area contributed by atoms with E-state index in [2.05, 4.69) is 10.1 Å². The second-order valence-corrected chi connectivity index (χ2v) is 5.80. The molecule has 0 bridgehead atoms. The van der Waals surface area contributed by atoms with Gasteiger partial charge in [-0.15, -0.1) is 0 Å². The summed E-state index contributed by atoms with van der Waals surface area (Å²) in [6.07, 6.45) is 3.67. The van der Waals surface area contributed by atoms with Gasteiger partial charge in [0, 0.05) is 28.9 Å². The number of nitrogens with two attached hydrogens (primary N) is 1. The van der Waals surface area contributed by atoms with Crippen molar-refractivity contribution in [2.24, 2.45) is 5.73 Å². The minimum Gasteiger partial charge on any atom is -0.364 e. The molecule has 0 unspecified atom stereocenters. The molecule has 4 rings (SSSR count). The molecule has 0 saturated heterocycles. The van der Waals surface area contributed by atoms with Crippen molar-refractivity contribution >= 4 is 5.91 Å². The number of hydrogen-bond donors (Lipinski definition) is 1. The zero-order chi connectivity index (χ0) is 16.0.